The molecule has 8 amide bonds. The van der Waals surface area contributed by atoms with Gasteiger partial charge in [-0.25, -0.2) is 19.6 Å². The number of imidazole rings is 2. The molecule has 0 saturated carbocycles. The summed E-state index contributed by atoms with van der Waals surface area (Å²) in [6.07, 6.45) is 8.68. The average Bonchev–Trinajstić information content (AvgIpc) is 4.11. The third-order valence-electron chi connectivity index (χ3n) is 10.7. The highest BCUT2D eigenvalue weighted by molar-refractivity contribution is 5.89. The van der Waals surface area contributed by atoms with Gasteiger partial charge in [0, 0.05) is 101 Å². The fourth-order valence-electron chi connectivity index (χ4n) is 6.81. The molecular formula is C45H68N16O12. The van der Waals surface area contributed by atoms with Crippen LogP contribution in [0.5, 0.6) is 0 Å². The van der Waals surface area contributed by atoms with E-state index in [1.54, 1.807) is 36.7 Å². The van der Waals surface area contributed by atoms with Gasteiger partial charge in [-0.3, -0.25) is 43.3 Å². The Morgan fingerprint density at radius 1 is 0.521 bits per heavy atom. The van der Waals surface area contributed by atoms with E-state index in [2.05, 4.69) is 72.1 Å². The number of hydrogen-bond donors (Lipinski definition) is 13. The molecule has 400 valence electrons. The van der Waals surface area contributed by atoms with Crippen molar-refractivity contribution in [1.29, 1.82) is 0 Å². The predicted molar refractivity (Wildman–Crippen MR) is 259 cm³/mol. The van der Waals surface area contributed by atoms with Crippen LogP contribution in [0.15, 0.2) is 49.3 Å². The minimum absolute atomic E-state index is 0.0505. The molecule has 1 aromatic carbocycles. The molecule has 28 nitrogen and oxygen atoms in total. The SMILES string of the molecule is NOC(=O)C(CCCCNC(=O)CNC(=O)CCC(=O)NCCc1cnc[nH]1)NC(=O)CN(CC(=O)NC(CCCCNC(=O)CNC(=O)CCC(=O)NCCc1cnc[nH]1)C(=O)ON)Cc1ccc(N)cc1. The lowest BCUT2D eigenvalue weighted by Crippen LogP contribution is -2.50. The molecular weight excluding hydrogens is 957 g/mol. The van der Waals surface area contributed by atoms with Crippen LogP contribution in [0.1, 0.15) is 81.2 Å². The van der Waals surface area contributed by atoms with Gasteiger partial charge in [-0.05, 0) is 56.2 Å². The summed E-state index contributed by atoms with van der Waals surface area (Å²) in [4.78, 5) is 149. The van der Waals surface area contributed by atoms with Crippen molar-refractivity contribution in [1.82, 2.24) is 67.4 Å². The Balaban J connectivity index is 1.38. The van der Waals surface area contributed by atoms with Gasteiger partial charge in [0.15, 0.2) is 0 Å². The average molecular weight is 1030 g/mol. The Morgan fingerprint density at radius 3 is 1.30 bits per heavy atom. The Kier molecular flexibility index (Phi) is 27.9. The van der Waals surface area contributed by atoms with E-state index < -0.39 is 72.6 Å². The van der Waals surface area contributed by atoms with E-state index in [1.807, 2.05) is 0 Å². The van der Waals surface area contributed by atoms with Crippen LogP contribution in [0.4, 0.5) is 5.69 Å². The van der Waals surface area contributed by atoms with Crippen molar-refractivity contribution in [3.05, 3.63) is 66.3 Å². The van der Waals surface area contributed by atoms with E-state index in [0.717, 1.165) is 11.4 Å². The zero-order chi connectivity index (χ0) is 53.2. The minimum atomic E-state index is -1.19. The van der Waals surface area contributed by atoms with Crippen LogP contribution in [-0.4, -0.2) is 148 Å². The molecule has 73 heavy (non-hydrogen) atoms. The van der Waals surface area contributed by atoms with E-state index in [1.165, 1.54) is 17.6 Å². The lowest BCUT2D eigenvalue weighted by molar-refractivity contribution is -0.149. The predicted octanol–water partition coefficient (Wildman–Crippen LogP) is -3.60. The Labute approximate surface area is 420 Å². The van der Waals surface area contributed by atoms with Gasteiger partial charge in [-0.1, -0.05) is 12.1 Å². The lowest BCUT2D eigenvalue weighted by Gasteiger charge is -2.24. The van der Waals surface area contributed by atoms with Gasteiger partial charge in [0.05, 0.1) is 38.8 Å². The molecule has 3 aromatic rings. The zero-order valence-electron chi connectivity index (χ0n) is 40.6. The number of amides is 8. The Bertz CT molecular complexity index is 2080. The van der Waals surface area contributed by atoms with Gasteiger partial charge in [-0.15, -0.1) is 0 Å². The number of carbonyl (C=O) groups is 10. The van der Waals surface area contributed by atoms with Gasteiger partial charge in [0.25, 0.3) is 0 Å². The number of nitrogens with one attached hydrogen (secondary N) is 10. The summed E-state index contributed by atoms with van der Waals surface area (Å²) in [6.45, 7) is -0.272. The van der Waals surface area contributed by atoms with Gasteiger partial charge < -0.3 is 67.9 Å². The highest BCUT2D eigenvalue weighted by atomic mass is 16.7. The first kappa shape index (κ1) is 59.3. The smallest absolute Gasteiger partial charge is 0.347 e. The van der Waals surface area contributed by atoms with Crippen molar-refractivity contribution < 1.29 is 57.6 Å². The van der Waals surface area contributed by atoms with Crippen molar-refractivity contribution in [2.75, 3.05) is 58.1 Å². The topological polar surface area (TPSA) is 424 Å². The van der Waals surface area contributed by atoms with Crippen molar-refractivity contribution >= 4 is 64.9 Å². The molecule has 3 rings (SSSR count). The number of aromatic amines is 2. The van der Waals surface area contributed by atoms with E-state index in [0.29, 0.717) is 62.9 Å². The first-order valence-electron chi connectivity index (χ1n) is 23.6. The standard InChI is InChI=1S/C45H68N16O12/c46-31-9-7-30(8-10-31)25-61(26-42(68)59-34(44(70)72-47)5-1-3-17-51-40(66)23-55-38(64)13-11-36(62)53-19-15-32-21-49-28-57-32)27-43(69)60-35(45(71)73-48)6-2-4-18-52-41(67)24-56-39(65)14-12-37(63)54-20-16-33-22-50-29-58-33/h7-10,21-22,28-29,34-35H,1-6,11-20,23-27,46-48H2,(H,49,57)(H,50,58)(H,51,66)(H,52,67)(H,53,62)(H,54,63)(H,55,64)(H,56,65)(H,59,68)(H,60,69). The molecule has 16 N–H and O–H groups in total. The van der Waals surface area contributed by atoms with Crippen LogP contribution in [0.3, 0.4) is 0 Å². The lowest BCUT2D eigenvalue weighted by atomic mass is 10.1. The second kappa shape index (κ2) is 34.4. The number of benzene rings is 1. The first-order valence-corrected chi connectivity index (χ1v) is 23.6. The summed E-state index contributed by atoms with van der Waals surface area (Å²) >= 11 is 0. The monoisotopic (exact) mass is 1020 g/mol. The first-order chi connectivity index (χ1) is 35.1. The molecule has 0 radical (unpaired) electrons. The molecule has 28 heteroatoms. The Hall–Kier alpha value is -7.98. The number of unbranched alkanes of at least 4 members (excludes halogenated alkanes) is 2. The van der Waals surface area contributed by atoms with Crippen molar-refractivity contribution in [2.45, 2.75) is 95.7 Å². The molecule has 0 aliphatic rings. The van der Waals surface area contributed by atoms with Crippen LogP contribution < -0.4 is 60.1 Å². The number of anilines is 1. The highest BCUT2D eigenvalue weighted by Crippen LogP contribution is 2.10. The van der Waals surface area contributed by atoms with Crippen molar-refractivity contribution in [2.24, 2.45) is 11.8 Å². The van der Waals surface area contributed by atoms with Gasteiger partial charge in [-0.2, -0.15) is 11.8 Å². The molecule has 0 aliphatic heterocycles. The third-order valence-corrected chi connectivity index (χ3v) is 10.7. The molecule has 2 heterocycles. The van der Waals surface area contributed by atoms with Crippen LogP contribution >= 0.6 is 0 Å². The summed E-state index contributed by atoms with van der Waals surface area (Å²) in [5.41, 5.74) is 8.72. The molecule has 2 atom stereocenters. The van der Waals surface area contributed by atoms with E-state index >= 15 is 0 Å². The number of hydrogen-bond acceptors (Lipinski definition) is 18. The molecule has 0 saturated heterocycles. The van der Waals surface area contributed by atoms with Crippen molar-refractivity contribution in [3.8, 4) is 0 Å². The number of H-pyrrole nitrogens is 2. The Morgan fingerprint density at radius 2 is 0.918 bits per heavy atom. The maximum absolute atomic E-state index is 13.4. The fourth-order valence-corrected chi connectivity index (χ4v) is 6.81. The van der Waals surface area contributed by atoms with Crippen molar-refractivity contribution in [3.63, 3.8) is 0 Å². The fraction of sp³-hybridized carbons (Fsp3) is 0.511. The number of nitrogen functional groups attached to an aromatic ring is 1. The minimum Gasteiger partial charge on any atom is -0.399 e. The van der Waals surface area contributed by atoms with E-state index in [4.69, 9.17) is 17.5 Å². The van der Waals surface area contributed by atoms with Gasteiger partial charge in [0.1, 0.15) is 12.1 Å². The molecule has 0 spiro atoms. The van der Waals surface area contributed by atoms with Gasteiger partial charge >= 0.3 is 11.9 Å². The summed E-state index contributed by atoms with van der Waals surface area (Å²) < 4.78 is 0. The molecule has 2 unspecified atom stereocenters. The number of nitrogens with two attached hydrogens (primary N) is 3. The largest absolute Gasteiger partial charge is 0.399 e. The number of aromatic nitrogens is 4. The number of nitrogens with zero attached hydrogens (tertiary/aromatic N) is 3. The van der Waals surface area contributed by atoms with E-state index in [-0.39, 0.29) is 83.1 Å². The maximum atomic E-state index is 13.4. The van der Waals surface area contributed by atoms with Crippen LogP contribution in [-0.2, 0) is 77.0 Å². The zero-order valence-corrected chi connectivity index (χ0v) is 40.6. The second-order valence-electron chi connectivity index (χ2n) is 16.6. The maximum Gasteiger partial charge on any atom is 0.347 e. The highest BCUT2D eigenvalue weighted by Gasteiger charge is 2.26. The number of rotatable bonds is 36. The van der Waals surface area contributed by atoms with E-state index in [9.17, 15) is 47.9 Å². The summed E-state index contributed by atoms with van der Waals surface area (Å²) in [6, 6.07) is 4.28. The second-order valence-corrected chi connectivity index (χ2v) is 16.6. The summed E-state index contributed by atoms with van der Waals surface area (Å²) in [7, 11) is 0. The van der Waals surface area contributed by atoms with Crippen LogP contribution in [0.25, 0.3) is 0 Å². The summed E-state index contributed by atoms with van der Waals surface area (Å²) in [5, 5.41) is 20.7. The van der Waals surface area contributed by atoms with Crippen LogP contribution in [0, 0.1) is 0 Å². The molecule has 0 bridgehead atoms. The quantitative estimate of drug-likeness (QED) is 0.0152. The van der Waals surface area contributed by atoms with Gasteiger partial charge in [0.2, 0.25) is 47.3 Å². The molecule has 0 aliphatic carbocycles. The third kappa shape index (κ3) is 26.7. The normalized spacial score (nSPS) is 11.5. The summed E-state index contributed by atoms with van der Waals surface area (Å²) in [5.74, 6) is 4.59. The molecule has 2 aromatic heterocycles. The molecule has 0 fully saturated rings. The number of carbonyl (C=O) groups excluding carboxylic acids is 10. The van der Waals surface area contributed by atoms with Crippen LogP contribution in [0.2, 0.25) is 0 Å².